The van der Waals surface area contributed by atoms with Crippen LogP contribution in [0.5, 0.6) is 0 Å². The van der Waals surface area contributed by atoms with E-state index in [0.717, 1.165) is 29.3 Å². The SMILES string of the molecule is C#CC(CC)(CC)n1cc(CC(N)=O)c2ccccc21. The summed E-state index contributed by atoms with van der Waals surface area (Å²) >= 11 is 0. The molecule has 0 aliphatic rings. The number of para-hydroxylation sites is 1. The highest BCUT2D eigenvalue weighted by atomic mass is 16.1. The lowest BCUT2D eigenvalue weighted by Gasteiger charge is -2.29. The van der Waals surface area contributed by atoms with Gasteiger partial charge in [-0.3, -0.25) is 4.79 Å². The van der Waals surface area contributed by atoms with E-state index in [9.17, 15) is 4.79 Å². The third kappa shape index (κ3) is 2.18. The molecule has 0 atom stereocenters. The fourth-order valence-corrected chi connectivity index (χ4v) is 2.80. The second-order valence-corrected chi connectivity index (χ2v) is 5.07. The number of hydrogen-bond acceptors (Lipinski definition) is 1. The quantitative estimate of drug-likeness (QED) is 0.833. The van der Waals surface area contributed by atoms with Crippen LogP contribution in [-0.4, -0.2) is 10.5 Å². The molecule has 2 N–H and O–H groups in total. The van der Waals surface area contributed by atoms with E-state index in [2.05, 4.69) is 24.3 Å². The van der Waals surface area contributed by atoms with E-state index in [4.69, 9.17) is 12.2 Å². The minimum absolute atomic E-state index is 0.238. The van der Waals surface area contributed by atoms with Crippen molar-refractivity contribution < 1.29 is 4.79 Å². The number of rotatable bonds is 5. The highest BCUT2D eigenvalue weighted by Gasteiger charge is 2.27. The van der Waals surface area contributed by atoms with Gasteiger partial charge in [0.05, 0.1) is 6.42 Å². The summed E-state index contributed by atoms with van der Waals surface area (Å²) in [5, 5.41) is 1.05. The van der Waals surface area contributed by atoms with E-state index < -0.39 is 0 Å². The molecule has 0 aliphatic heterocycles. The smallest absolute Gasteiger partial charge is 0.221 e. The van der Waals surface area contributed by atoms with E-state index in [0.29, 0.717) is 0 Å². The first kappa shape index (κ1) is 14.2. The van der Waals surface area contributed by atoms with Gasteiger partial charge in [-0.25, -0.2) is 0 Å². The Hall–Kier alpha value is -2.21. The van der Waals surface area contributed by atoms with Crippen LogP contribution in [0.4, 0.5) is 0 Å². The molecule has 1 aromatic heterocycles. The van der Waals surface area contributed by atoms with Crippen molar-refractivity contribution in [1.82, 2.24) is 4.57 Å². The van der Waals surface area contributed by atoms with Crippen LogP contribution in [0.2, 0.25) is 0 Å². The molecule has 0 unspecified atom stereocenters. The molecule has 104 valence electrons. The third-order valence-electron chi connectivity index (χ3n) is 4.06. The summed E-state index contributed by atoms with van der Waals surface area (Å²) in [4.78, 5) is 11.3. The molecular formula is C17H20N2O. The van der Waals surface area contributed by atoms with Gasteiger partial charge in [0.25, 0.3) is 0 Å². The number of nitrogens with two attached hydrogens (primary N) is 1. The Morgan fingerprint density at radius 2 is 2.00 bits per heavy atom. The van der Waals surface area contributed by atoms with Gasteiger partial charge in [-0.05, 0) is 24.5 Å². The molecule has 1 aromatic carbocycles. The number of primary amides is 1. The number of nitrogens with zero attached hydrogens (tertiary/aromatic N) is 1. The van der Waals surface area contributed by atoms with Crippen molar-refractivity contribution in [3.63, 3.8) is 0 Å². The van der Waals surface area contributed by atoms with E-state index in [-0.39, 0.29) is 17.9 Å². The number of terminal acetylenes is 1. The zero-order valence-electron chi connectivity index (χ0n) is 12.0. The first-order chi connectivity index (χ1) is 9.57. The first-order valence-electron chi connectivity index (χ1n) is 6.93. The minimum atomic E-state index is -0.352. The summed E-state index contributed by atoms with van der Waals surface area (Å²) in [6.45, 7) is 4.18. The molecule has 2 aromatic rings. The Morgan fingerprint density at radius 3 is 2.55 bits per heavy atom. The van der Waals surface area contributed by atoms with Gasteiger partial charge >= 0.3 is 0 Å². The average Bonchev–Trinajstić information content (AvgIpc) is 2.81. The van der Waals surface area contributed by atoms with Crippen LogP contribution in [0, 0.1) is 12.3 Å². The lowest BCUT2D eigenvalue weighted by molar-refractivity contribution is -0.117. The van der Waals surface area contributed by atoms with Gasteiger partial charge in [0.15, 0.2) is 0 Å². The van der Waals surface area contributed by atoms with Crippen molar-refractivity contribution in [2.75, 3.05) is 0 Å². The van der Waals surface area contributed by atoms with Gasteiger partial charge in [0, 0.05) is 17.1 Å². The predicted molar refractivity (Wildman–Crippen MR) is 82.2 cm³/mol. The number of amides is 1. The fraction of sp³-hybridized carbons (Fsp3) is 0.353. The molecule has 2 rings (SSSR count). The number of carbonyl (C=O) groups excluding carboxylic acids is 1. The number of aromatic nitrogens is 1. The van der Waals surface area contributed by atoms with Gasteiger partial charge in [-0.1, -0.05) is 38.0 Å². The Balaban J connectivity index is 2.71. The van der Waals surface area contributed by atoms with Crippen molar-refractivity contribution >= 4 is 16.8 Å². The number of benzene rings is 1. The Labute approximate surface area is 119 Å². The van der Waals surface area contributed by atoms with Gasteiger partial charge in [-0.15, -0.1) is 6.42 Å². The molecule has 20 heavy (non-hydrogen) atoms. The Kier molecular flexibility index (Phi) is 3.85. The second-order valence-electron chi connectivity index (χ2n) is 5.07. The van der Waals surface area contributed by atoms with Gasteiger partial charge in [0.1, 0.15) is 5.54 Å². The zero-order chi connectivity index (χ0) is 14.8. The summed E-state index contributed by atoms with van der Waals surface area (Å²) in [6, 6.07) is 8.00. The van der Waals surface area contributed by atoms with Crippen molar-refractivity contribution in [3.8, 4) is 12.3 Å². The highest BCUT2D eigenvalue weighted by Crippen LogP contribution is 2.32. The summed E-state index contributed by atoms with van der Waals surface area (Å²) in [6.07, 6.45) is 9.71. The van der Waals surface area contributed by atoms with E-state index in [1.54, 1.807) is 0 Å². The average molecular weight is 268 g/mol. The molecular weight excluding hydrogens is 248 g/mol. The van der Waals surface area contributed by atoms with Gasteiger partial charge < -0.3 is 10.3 Å². The molecule has 0 saturated carbocycles. The number of fused-ring (bicyclic) bond motifs is 1. The van der Waals surface area contributed by atoms with Crippen LogP contribution >= 0.6 is 0 Å². The number of carbonyl (C=O) groups is 1. The molecule has 0 fully saturated rings. The summed E-state index contributed by atoms with van der Waals surface area (Å²) in [5.74, 6) is 2.61. The van der Waals surface area contributed by atoms with Crippen LogP contribution in [0.1, 0.15) is 32.3 Å². The highest BCUT2D eigenvalue weighted by molar-refractivity contribution is 5.89. The third-order valence-corrected chi connectivity index (χ3v) is 4.06. The van der Waals surface area contributed by atoms with E-state index in [1.807, 2.05) is 30.5 Å². The summed E-state index contributed by atoms with van der Waals surface area (Å²) < 4.78 is 2.13. The molecule has 3 nitrogen and oxygen atoms in total. The van der Waals surface area contributed by atoms with Crippen molar-refractivity contribution in [2.24, 2.45) is 5.73 Å². The molecule has 1 amide bonds. The fourth-order valence-electron chi connectivity index (χ4n) is 2.80. The molecule has 3 heteroatoms. The topological polar surface area (TPSA) is 48.0 Å². The molecule has 0 radical (unpaired) electrons. The summed E-state index contributed by atoms with van der Waals surface area (Å²) in [7, 11) is 0. The molecule has 0 bridgehead atoms. The number of hydrogen-bond donors (Lipinski definition) is 1. The summed E-state index contributed by atoms with van der Waals surface area (Å²) in [5.41, 5.74) is 6.99. The lowest BCUT2D eigenvalue weighted by atomic mass is 9.93. The van der Waals surface area contributed by atoms with Crippen molar-refractivity contribution in [2.45, 2.75) is 38.6 Å². The van der Waals surface area contributed by atoms with Crippen LogP contribution in [0.15, 0.2) is 30.5 Å². The van der Waals surface area contributed by atoms with Crippen molar-refractivity contribution in [3.05, 3.63) is 36.0 Å². The van der Waals surface area contributed by atoms with E-state index >= 15 is 0 Å². The first-order valence-corrected chi connectivity index (χ1v) is 6.93. The molecule has 0 spiro atoms. The maximum atomic E-state index is 11.3. The predicted octanol–water partition coefficient (Wildman–Crippen LogP) is 2.82. The van der Waals surface area contributed by atoms with Crippen LogP contribution in [-0.2, 0) is 16.8 Å². The molecule has 0 aliphatic carbocycles. The maximum absolute atomic E-state index is 11.3. The van der Waals surface area contributed by atoms with Crippen LogP contribution in [0.25, 0.3) is 10.9 Å². The zero-order valence-corrected chi connectivity index (χ0v) is 12.0. The minimum Gasteiger partial charge on any atom is -0.369 e. The van der Waals surface area contributed by atoms with Gasteiger partial charge in [0.2, 0.25) is 5.91 Å². The maximum Gasteiger partial charge on any atom is 0.221 e. The van der Waals surface area contributed by atoms with Crippen LogP contribution in [0.3, 0.4) is 0 Å². The Bertz CT molecular complexity index is 672. The molecule has 1 heterocycles. The van der Waals surface area contributed by atoms with Crippen LogP contribution < -0.4 is 5.73 Å². The van der Waals surface area contributed by atoms with E-state index in [1.165, 1.54) is 0 Å². The largest absolute Gasteiger partial charge is 0.369 e. The standard InChI is InChI=1S/C17H20N2O/c1-4-17(5-2,6-3)19-12-13(11-16(18)20)14-9-7-8-10-15(14)19/h1,7-10,12H,5-6,11H2,2-3H3,(H2,18,20). The second kappa shape index (κ2) is 5.42. The van der Waals surface area contributed by atoms with Gasteiger partial charge in [-0.2, -0.15) is 0 Å². The normalized spacial score (nSPS) is 11.4. The molecule has 0 saturated heterocycles. The van der Waals surface area contributed by atoms with Crippen molar-refractivity contribution in [1.29, 1.82) is 0 Å². The Morgan fingerprint density at radius 1 is 1.35 bits per heavy atom. The monoisotopic (exact) mass is 268 g/mol. The lowest BCUT2D eigenvalue weighted by Crippen LogP contribution is -2.29.